The van der Waals surface area contributed by atoms with E-state index in [1.54, 1.807) is 0 Å². The molecule has 0 radical (unpaired) electrons. The molecule has 0 atom stereocenters. The third-order valence-corrected chi connectivity index (χ3v) is 4.03. The molecule has 0 spiro atoms. The SMILES string of the molecule is CCOc1cccc(CN(C(=O)CCc2cc(=O)[nH]o2)C2CC2)c1. The predicted molar refractivity (Wildman–Crippen MR) is 88.8 cm³/mol. The monoisotopic (exact) mass is 330 g/mol. The van der Waals surface area contributed by atoms with Gasteiger partial charge in [-0.05, 0) is 37.5 Å². The van der Waals surface area contributed by atoms with Crippen molar-refractivity contribution in [2.24, 2.45) is 0 Å². The zero-order valence-electron chi connectivity index (χ0n) is 13.8. The molecular weight excluding hydrogens is 308 g/mol. The first-order chi connectivity index (χ1) is 11.7. The molecule has 1 aliphatic rings. The second-order valence-corrected chi connectivity index (χ2v) is 6.01. The molecule has 0 unspecified atom stereocenters. The summed E-state index contributed by atoms with van der Waals surface area (Å²) in [4.78, 5) is 25.6. The van der Waals surface area contributed by atoms with Crippen molar-refractivity contribution in [3.8, 4) is 5.75 Å². The fourth-order valence-corrected chi connectivity index (χ4v) is 2.72. The lowest BCUT2D eigenvalue weighted by Gasteiger charge is -2.22. The molecular formula is C18H22N2O4. The molecule has 24 heavy (non-hydrogen) atoms. The third-order valence-electron chi connectivity index (χ3n) is 4.03. The average molecular weight is 330 g/mol. The molecule has 2 aromatic rings. The number of carbonyl (C=O) groups is 1. The Kier molecular flexibility index (Phi) is 5.03. The molecule has 6 heteroatoms. The summed E-state index contributed by atoms with van der Waals surface area (Å²) < 4.78 is 10.5. The van der Waals surface area contributed by atoms with Gasteiger partial charge in [0.2, 0.25) is 5.91 Å². The molecule has 1 aromatic carbocycles. The molecule has 0 bridgehead atoms. The number of hydrogen-bond acceptors (Lipinski definition) is 4. The fraction of sp³-hybridized carbons (Fsp3) is 0.444. The minimum absolute atomic E-state index is 0.0863. The van der Waals surface area contributed by atoms with E-state index < -0.39 is 0 Å². The Bertz CT molecular complexity index is 745. The van der Waals surface area contributed by atoms with E-state index in [4.69, 9.17) is 9.26 Å². The summed E-state index contributed by atoms with van der Waals surface area (Å²) in [5.74, 6) is 1.43. The van der Waals surface area contributed by atoms with Crippen LogP contribution in [0.1, 0.15) is 37.5 Å². The maximum atomic E-state index is 12.6. The topological polar surface area (TPSA) is 75.5 Å². The van der Waals surface area contributed by atoms with Crippen molar-refractivity contribution in [1.82, 2.24) is 10.1 Å². The molecule has 6 nitrogen and oxygen atoms in total. The summed E-state index contributed by atoms with van der Waals surface area (Å²) in [6.07, 6.45) is 2.87. The zero-order chi connectivity index (χ0) is 16.9. The Morgan fingerprint density at radius 2 is 2.21 bits per heavy atom. The van der Waals surface area contributed by atoms with Gasteiger partial charge < -0.3 is 14.2 Å². The fourth-order valence-electron chi connectivity index (χ4n) is 2.72. The summed E-state index contributed by atoms with van der Waals surface area (Å²) in [5.41, 5.74) is 0.790. The Hall–Kier alpha value is -2.50. The summed E-state index contributed by atoms with van der Waals surface area (Å²) in [6.45, 7) is 3.16. The van der Waals surface area contributed by atoms with Crippen molar-refractivity contribution >= 4 is 5.91 Å². The minimum atomic E-state index is -0.274. The molecule has 1 amide bonds. The summed E-state index contributed by atoms with van der Waals surface area (Å²) in [5, 5.41) is 2.25. The van der Waals surface area contributed by atoms with Gasteiger partial charge in [-0.25, -0.2) is 0 Å². The van der Waals surface area contributed by atoms with Crippen LogP contribution >= 0.6 is 0 Å². The first-order valence-corrected chi connectivity index (χ1v) is 8.34. The quantitative estimate of drug-likeness (QED) is 0.807. The van der Waals surface area contributed by atoms with E-state index in [1.807, 2.05) is 36.1 Å². The van der Waals surface area contributed by atoms with Crippen molar-refractivity contribution in [1.29, 1.82) is 0 Å². The lowest BCUT2D eigenvalue weighted by atomic mass is 10.1. The van der Waals surface area contributed by atoms with Gasteiger partial charge in [0, 0.05) is 31.5 Å². The number of ether oxygens (including phenoxy) is 1. The second kappa shape index (κ2) is 7.38. The van der Waals surface area contributed by atoms with Gasteiger partial charge in [0.1, 0.15) is 11.5 Å². The molecule has 1 fully saturated rings. The van der Waals surface area contributed by atoms with Crippen LogP contribution in [0, 0.1) is 0 Å². The summed E-state index contributed by atoms with van der Waals surface area (Å²) >= 11 is 0. The largest absolute Gasteiger partial charge is 0.494 e. The van der Waals surface area contributed by atoms with Crippen LogP contribution in [0.2, 0.25) is 0 Å². The lowest BCUT2D eigenvalue weighted by molar-refractivity contribution is -0.132. The van der Waals surface area contributed by atoms with Crippen LogP contribution in [-0.2, 0) is 17.8 Å². The van der Waals surface area contributed by atoms with Crippen LogP contribution in [0.5, 0.6) is 5.75 Å². The molecule has 128 valence electrons. The smallest absolute Gasteiger partial charge is 0.280 e. The first-order valence-electron chi connectivity index (χ1n) is 8.34. The van der Waals surface area contributed by atoms with Crippen LogP contribution in [-0.4, -0.2) is 28.6 Å². The normalized spacial score (nSPS) is 13.7. The predicted octanol–water partition coefficient (Wildman–Crippen LogP) is 2.49. The summed E-state index contributed by atoms with van der Waals surface area (Å²) in [6, 6.07) is 9.58. The van der Waals surface area contributed by atoms with Crippen LogP contribution in [0.15, 0.2) is 39.6 Å². The van der Waals surface area contributed by atoms with Gasteiger partial charge in [-0.15, -0.1) is 0 Å². The number of nitrogens with zero attached hydrogens (tertiary/aromatic N) is 1. The van der Waals surface area contributed by atoms with E-state index in [2.05, 4.69) is 5.16 Å². The summed E-state index contributed by atoms with van der Waals surface area (Å²) in [7, 11) is 0. The van der Waals surface area contributed by atoms with Crippen molar-refractivity contribution in [3.63, 3.8) is 0 Å². The minimum Gasteiger partial charge on any atom is -0.494 e. The second-order valence-electron chi connectivity index (χ2n) is 6.01. The van der Waals surface area contributed by atoms with Gasteiger partial charge >= 0.3 is 0 Å². The zero-order valence-corrected chi connectivity index (χ0v) is 13.8. The number of hydrogen-bond donors (Lipinski definition) is 1. The number of nitrogens with one attached hydrogen (secondary N) is 1. The van der Waals surface area contributed by atoms with E-state index in [0.29, 0.717) is 37.8 Å². The Morgan fingerprint density at radius 1 is 1.38 bits per heavy atom. The van der Waals surface area contributed by atoms with Crippen LogP contribution < -0.4 is 10.3 Å². The van der Waals surface area contributed by atoms with Crippen molar-refractivity contribution in [2.45, 2.75) is 45.2 Å². The third kappa shape index (κ3) is 4.28. The van der Waals surface area contributed by atoms with Gasteiger partial charge in [0.15, 0.2) is 0 Å². The average Bonchev–Trinajstić information content (AvgIpc) is 3.33. The van der Waals surface area contributed by atoms with Gasteiger partial charge in [-0.1, -0.05) is 12.1 Å². The standard InChI is InChI=1S/C18H22N2O4/c1-2-23-15-5-3-4-13(10-15)12-20(14-6-7-14)18(22)9-8-16-11-17(21)19-24-16/h3-5,10-11,14H,2,6-9,12H2,1H3,(H,19,21). The number of amides is 1. The molecule has 1 heterocycles. The maximum absolute atomic E-state index is 12.6. The van der Waals surface area contributed by atoms with Crippen molar-refractivity contribution in [2.75, 3.05) is 6.61 Å². The van der Waals surface area contributed by atoms with Gasteiger partial charge in [0.25, 0.3) is 5.56 Å². The van der Waals surface area contributed by atoms with E-state index in [1.165, 1.54) is 6.07 Å². The highest BCUT2D eigenvalue weighted by molar-refractivity contribution is 5.77. The molecule has 0 saturated heterocycles. The number of rotatable bonds is 8. The highest BCUT2D eigenvalue weighted by Gasteiger charge is 2.32. The Labute approximate surface area is 140 Å². The van der Waals surface area contributed by atoms with E-state index in [-0.39, 0.29) is 11.5 Å². The van der Waals surface area contributed by atoms with E-state index in [9.17, 15) is 9.59 Å². The lowest BCUT2D eigenvalue weighted by Crippen LogP contribution is -2.32. The Morgan fingerprint density at radius 3 is 2.88 bits per heavy atom. The number of aryl methyl sites for hydroxylation is 1. The van der Waals surface area contributed by atoms with Gasteiger partial charge in [0.05, 0.1) is 6.61 Å². The van der Waals surface area contributed by atoms with Crippen LogP contribution in [0.3, 0.4) is 0 Å². The molecule has 1 saturated carbocycles. The molecule has 1 aromatic heterocycles. The molecule has 0 aliphatic heterocycles. The van der Waals surface area contributed by atoms with Gasteiger partial charge in [-0.3, -0.25) is 9.59 Å². The number of carbonyl (C=O) groups excluding carboxylic acids is 1. The number of aromatic amines is 1. The maximum Gasteiger partial charge on any atom is 0.280 e. The van der Waals surface area contributed by atoms with E-state index >= 15 is 0 Å². The van der Waals surface area contributed by atoms with E-state index in [0.717, 1.165) is 24.2 Å². The Balaban J connectivity index is 1.62. The number of H-pyrrole nitrogens is 1. The first kappa shape index (κ1) is 16.4. The van der Waals surface area contributed by atoms with Crippen LogP contribution in [0.4, 0.5) is 0 Å². The molecule has 1 aliphatic carbocycles. The molecule has 1 N–H and O–H groups in total. The highest BCUT2D eigenvalue weighted by atomic mass is 16.5. The van der Waals surface area contributed by atoms with Crippen molar-refractivity contribution in [3.05, 3.63) is 52.0 Å². The van der Waals surface area contributed by atoms with Crippen LogP contribution in [0.25, 0.3) is 0 Å². The highest BCUT2D eigenvalue weighted by Crippen LogP contribution is 2.29. The molecule has 3 rings (SSSR count). The van der Waals surface area contributed by atoms with Gasteiger partial charge in [-0.2, -0.15) is 5.16 Å². The number of benzene rings is 1. The number of aromatic nitrogens is 1. The van der Waals surface area contributed by atoms with Crippen molar-refractivity contribution < 1.29 is 14.1 Å².